The summed E-state index contributed by atoms with van der Waals surface area (Å²) in [5.74, 6) is 0. The van der Waals surface area contributed by atoms with E-state index in [1.54, 1.807) is 0 Å². The van der Waals surface area contributed by atoms with Gasteiger partial charge in [-0.15, -0.1) is 0 Å². The van der Waals surface area contributed by atoms with Gasteiger partial charge in [-0.3, -0.25) is 0 Å². The molecule has 0 aromatic rings. The van der Waals surface area contributed by atoms with Gasteiger partial charge in [0.2, 0.25) is 0 Å². The van der Waals surface area contributed by atoms with Crippen molar-refractivity contribution in [3.63, 3.8) is 0 Å². The summed E-state index contributed by atoms with van der Waals surface area (Å²) in [6.45, 7) is 9.27. The van der Waals surface area contributed by atoms with Crippen molar-refractivity contribution in [2.45, 2.75) is 71.9 Å². The molecule has 0 N–H and O–H groups in total. The molecule has 14 heavy (non-hydrogen) atoms. The summed E-state index contributed by atoms with van der Waals surface area (Å²) in [6.07, 6.45) is 7.04. The zero-order chi connectivity index (χ0) is 10.8. The van der Waals surface area contributed by atoms with E-state index in [2.05, 4.69) is 39.6 Å². The molecule has 0 aromatic carbocycles. The Morgan fingerprint density at radius 3 is 2.21 bits per heavy atom. The molecule has 1 aliphatic carbocycles. The highest BCUT2D eigenvalue weighted by molar-refractivity contribution is 4.97. The monoisotopic (exact) mass is 197 g/mol. The van der Waals surface area contributed by atoms with Gasteiger partial charge in [-0.1, -0.05) is 26.7 Å². The molecule has 1 nitrogen and oxygen atoms in total. The summed E-state index contributed by atoms with van der Waals surface area (Å²) < 4.78 is 0. The Morgan fingerprint density at radius 1 is 1.29 bits per heavy atom. The largest absolute Gasteiger partial charge is 0.301 e. The van der Waals surface area contributed by atoms with Gasteiger partial charge in [-0.2, -0.15) is 0 Å². The first-order chi connectivity index (χ1) is 6.54. The molecule has 1 rings (SSSR count). The molecule has 0 heterocycles. The standard InChI is InChI=1S/C13H27N/c1-6-8-13(7-2)9-12(10-13)14(5)11(3)4/h11-12H,6-10H2,1-5H3. The normalized spacial score (nSPS) is 32.4. The van der Waals surface area contributed by atoms with E-state index in [9.17, 15) is 0 Å². The molecule has 1 saturated carbocycles. The van der Waals surface area contributed by atoms with Gasteiger partial charge in [-0.25, -0.2) is 0 Å². The van der Waals surface area contributed by atoms with Crippen LogP contribution >= 0.6 is 0 Å². The lowest BCUT2D eigenvalue weighted by atomic mass is 9.61. The lowest BCUT2D eigenvalue weighted by Gasteiger charge is -2.52. The quantitative estimate of drug-likeness (QED) is 0.650. The minimum atomic E-state index is 0.705. The average Bonchev–Trinajstić information content (AvgIpc) is 2.09. The predicted octanol–water partition coefficient (Wildman–Crippen LogP) is 3.69. The Bertz CT molecular complexity index is 168. The molecule has 1 fully saturated rings. The third-order valence-corrected chi connectivity index (χ3v) is 4.26. The Morgan fingerprint density at radius 2 is 1.86 bits per heavy atom. The van der Waals surface area contributed by atoms with Crippen LogP contribution in [0, 0.1) is 5.41 Å². The van der Waals surface area contributed by atoms with Gasteiger partial charge in [-0.05, 0) is 45.6 Å². The van der Waals surface area contributed by atoms with Crippen LogP contribution in [0.3, 0.4) is 0 Å². The van der Waals surface area contributed by atoms with E-state index in [4.69, 9.17) is 0 Å². The lowest BCUT2D eigenvalue weighted by Crippen LogP contribution is -2.51. The van der Waals surface area contributed by atoms with Gasteiger partial charge in [0, 0.05) is 12.1 Å². The van der Waals surface area contributed by atoms with E-state index in [1.807, 2.05) is 0 Å². The fraction of sp³-hybridized carbons (Fsp3) is 1.00. The Balaban J connectivity index is 2.40. The molecule has 84 valence electrons. The second-order valence-corrected chi connectivity index (χ2v) is 5.42. The molecule has 0 saturated heterocycles. The van der Waals surface area contributed by atoms with Crippen LogP contribution in [-0.4, -0.2) is 24.0 Å². The van der Waals surface area contributed by atoms with Crippen LogP contribution in [0.2, 0.25) is 0 Å². The topological polar surface area (TPSA) is 3.24 Å². The molecule has 0 radical (unpaired) electrons. The van der Waals surface area contributed by atoms with Crippen LogP contribution in [0.25, 0.3) is 0 Å². The molecule has 0 unspecified atom stereocenters. The predicted molar refractivity (Wildman–Crippen MR) is 63.6 cm³/mol. The van der Waals surface area contributed by atoms with E-state index in [-0.39, 0.29) is 0 Å². The van der Waals surface area contributed by atoms with Crippen LogP contribution in [-0.2, 0) is 0 Å². The molecule has 0 atom stereocenters. The molecule has 0 aromatic heterocycles. The summed E-state index contributed by atoms with van der Waals surface area (Å²) in [5.41, 5.74) is 0.711. The van der Waals surface area contributed by atoms with Gasteiger partial charge < -0.3 is 4.90 Å². The van der Waals surface area contributed by atoms with Crippen LogP contribution < -0.4 is 0 Å². The van der Waals surface area contributed by atoms with E-state index in [0.29, 0.717) is 11.5 Å². The van der Waals surface area contributed by atoms with Crippen molar-refractivity contribution in [2.75, 3.05) is 7.05 Å². The van der Waals surface area contributed by atoms with E-state index in [0.717, 1.165) is 6.04 Å². The summed E-state index contributed by atoms with van der Waals surface area (Å²) in [7, 11) is 2.28. The van der Waals surface area contributed by atoms with Crippen molar-refractivity contribution >= 4 is 0 Å². The molecule has 1 heteroatoms. The van der Waals surface area contributed by atoms with Gasteiger partial charge in [0.25, 0.3) is 0 Å². The lowest BCUT2D eigenvalue weighted by molar-refractivity contribution is -0.00981. The molecule has 0 spiro atoms. The van der Waals surface area contributed by atoms with E-state index >= 15 is 0 Å². The fourth-order valence-corrected chi connectivity index (χ4v) is 2.85. The summed E-state index contributed by atoms with van der Waals surface area (Å²) in [5, 5.41) is 0. The highest BCUT2D eigenvalue weighted by atomic mass is 15.2. The first-order valence-electron chi connectivity index (χ1n) is 6.26. The molecule has 0 amide bonds. The van der Waals surface area contributed by atoms with Crippen LogP contribution in [0.5, 0.6) is 0 Å². The highest BCUT2D eigenvalue weighted by Crippen LogP contribution is 2.49. The number of hydrogen-bond acceptors (Lipinski definition) is 1. The Kier molecular flexibility index (Phi) is 4.00. The van der Waals surface area contributed by atoms with E-state index < -0.39 is 0 Å². The molecule has 0 bridgehead atoms. The molecular formula is C13H27N. The van der Waals surface area contributed by atoms with Gasteiger partial charge in [0.1, 0.15) is 0 Å². The number of nitrogens with zero attached hydrogens (tertiary/aromatic N) is 1. The molecule has 1 aliphatic rings. The second kappa shape index (κ2) is 4.65. The zero-order valence-electron chi connectivity index (χ0n) is 10.6. The van der Waals surface area contributed by atoms with Crippen molar-refractivity contribution in [1.29, 1.82) is 0 Å². The molecular weight excluding hydrogens is 170 g/mol. The van der Waals surface area contributed by atoms with Crippen molar-refractivity contribution in [2.24, 2.45) is 5.41 Å². The van der Waals surface area contributed by atoms with Crippen molar-refractivity contribution in [3.8, 4) is 0 Å². The SMILES string of the molecule is CCCC1(CC)CC(N(C)C(C)C)C1. The third-order valence-electron chi connectivity index (χ3n) is 4.26. The fourth-order valence-electron chi connectivity index (χ4n) is 2.85. The summed E-state index contributed by atoms with van der Waals surface area (Å²) in [4.78, 5) is 2.55. The van der Waals surface area contributed by atoms with Crippen molar-refractivity contribution in [3.05, 3.63) is 0 Å². The summed E-state index contributed by atoms with van der Waals surface area (Å²) in [6, 6.07) is 1.57. The highest BCUT2D eigenvalue weighted by Gasteiger charge is 2.43. The van der Waals surface area contributed by atoms with Gasteiger partial charge in [0.15, 0.2) is 0 Å². The minimum Gasteiger partial charge on any atom is -0.301 e. The maximum absolute atomic E-state index is 2.55. The minimum absolute atomic E-state index is 0.705. The smallest absolute Gasteiger partial charge is 0.0105 e. The van der Waals surface area contributed by atoms with Crippen LogP contribution in [0.1, 0.15) is 59.8 Å². The maximum atomic E-state index is 2.55. The molecule has 0 aliphatic heterocycles. The average molecular weight is 197 g/mol. The van der Waals surface area contributed by atoms with Gasteiger partial charge in [0.05, 0.1) is 0 Å². The van der Waals surface area contributed by atoms with Crippen LogP contribution in [0.4, 0.5) is 0 Å². The first kappa shape index (κ1) is 12.0. The maximum Gasteiger partial charge on any atom is 0.0105 e. The summed E-state index contributed by atoms with van der Waals surface area (Å²) >= 11 is 0. The number of rotatable bonds is 5. The second-order valence-electron chi connectivity index (χ2n) is 5.42. The van der Waals surface area contributed by atoms with Crippen molar-refractivity contribution < 1.29 is 0 Å². The van der Waals surface area contributed by atoms with Gasteiger partial charge >= 0.3 is 0 Å². The van der Waals surface area contributed by atoms with E-state index in [1.165, 1.54) is 32.1 Å². The Labute approximate surface area is 89.9 Å². The van der Waals surface area contributed by atoms with Crippen LogP contribution in [0.15, 0.2) is 0 Å². The van der Waals surface area contributed by atoms with Crippen molar-refractivity contribution in [1.82, 2.24) is 4.90 Å². The first-order valence-corrected chi connectivity index (χ1v) is 6.26. The zero-order valence-corrected chi connectivity index (χ0v) is 10.6. The third kappa shape index (κ3) is 2.31. The Hall–Kier alpha value is -0.0400. The number of hydrogen-bond donors (Lipinski definition) is 0.